The highest BCUT2D eigenvalue weighted by Crippen LogP contribution is 2.40. The Morgan fingerprint density at radius 2 is 1.86 bits per heavy atom. The standard InChI is InChI=1S/C26H44N6O10S/c1-14(2)8-17(30-24(36)22(41-3)13-42-43(38,39)40)25(37)32-18-11-21(34)20(33)10-16(18)9-19(32)23(35)29-6-4-15-5-7-31(12-15)26(27)28/h5,14,16-22,33-34H,4,6-13H2,1-3H3,(H3,27,28)(H,29,35)(H,30,36)(H,38,39,40). The van der Waals surface area contributed by atoms with E-state index in [1.165, 1.54) is 4.90 Å². The molecule has 0 radical (unpaired) electrons. The molecule has 2 aliphatic heterocycles. The van der Waals surface area contributed by atoms with E-state index in [1.807, 2.05) is 19.9 Å². The number of ether oxygens (including phenoxy) is 1. The van der Waals surface area contributed by atoms with Gasteiger partial charge in [0.2, 0.25) is 11.8 Å². The summed E-state index contributed by atoms with van der Waals surface area (Å²) >= 11 is 0. The molecule has 3 aliphatic rings. The van der Waals surface area contributed by atoms with Gasteiger partial charge in [-0.25, -0.2) is 4.18 Å². The third-order valence-corrected chi connectivity index (χ3v) is 8.57. The van der Waals surface area contributed by atoms with Crippen molar-refractivity contribution in [1.29, 1.82) is 5.41 Å². The number of fused-ring (bicyclic) bond motifs is 1. The summed E-state index contributed by atoms with van der Waals surface area (Å²) in [5.74, 6) is -2.19. The summed E-state index contributed by atoms with van der Waals surface area (Å²) in [7, 11) is -3.71. The molecule has 17 heteroatoms. The smallest absolute Gasteiger partial charge is 0.390 e. The molecule has 3 rings (SSSR count). The third kappa shape index (κ3) is 9.33. The summed E-state index contributed by atoms with van der Waals surface area (Å²) in [6, 6.07) is -2.61. The Morgan fingerprint density at radius 1 is 1.19 bits per heavy atom. The summed E-state index contributed by atoms with van der Waals surface area (Å²) in [6.45, 7) is 4.15. The number of hydrogen-bond acceptors (Lipinski definition) is 10. The maximum Gasteiger partial charge on any atom is 0.397 e. The van der Waals surface area contributed by atoms with Gasteiger partial charge in [-0.15, -0.1) is 0 Å². The number of likely N-dealkylation sites (tertiary alicyclic amines) is 1. The molecule has 1 saturated heterocycles. The van der Waals surface area contributed by atoms with Crippen LogP contribution in [0, 0.1) is 17.2 Å². The number of hydrogen-bond donors (Lipinski definition) is 7. The predicted octanol–water partition coefficient (Wildman–Crippen LogP) is -1.91. The average Bonchev–Trinajstić information content (AvgIpc) is 3.52. The second-order valence-corrected chi connectivity index (χ2v) is 12.8. The lowest BCUT2D eigenvalue weighted by atomic mass is 9.81. The van der Waals surface area contributed by atoms with E-state index < -0.39 is 71.2 Å². The number of nitrogens with zero attached hydrogens (tertiary/aromatic N) is 2. The van der Waals surface area contributed by atoms with E-state index >= 15 is 0 Å². The van der Waals surface area contributed by atoms with Gasteiger partial charge in [0.05, 0.1) is 12.2 Å². The lowest BCUT2D eigenvalue weighted by Crippen LogP contribution is -2.59. The summed E-state index contributed by atoms with van der Waals surface area (Å²) in [5, 5.41) is 33.8. The lowest BCUT2D eigenvalue weighted by molar-refractivity contribution is -0.147. The van der Waals surface area contributed by atoms with Gasteiger partial charge in [0.25, 0.3) is 5.91 Å². The molecule has 0 bridgehead atoms. The minimum absolute atomic E-state index is 0.0341. The van der Waals surface area contributed by atoms with Gasteiger partial charge in [0.15, 0.2) is 12.1 Å². The van der Waals surface area contributed by atoms with Crippen LogP contribution >= 0.6 is 0 Å². The van der Waals surface area contributed by atoms with Crippen LogP contribution in [0.25, 0.3) is 0 Å². The Kier molecular flexibility index (Phi) is 11.9. The van der Waals surface area contributed by atoms with E-state index in [1.54, 1.807) is 4.90 Å². The number of methoxy groups -OCH3 is 1. The van der Waals surface area contributed by atoms with Crippen molar-refractivity contribution in [2.45, 2.75) is 82.4 Å². The lowest BCUT2D eigenvalue weighted by Gasteiger charge is -2.39. The van der Waals surface area contributed by atoms with E-state index in [0.29, 0.717) is 19.5 Å². The van der Waals surface area contributed by atoms with Crippen molar-refractivity contribution >= 4 is 34.1 Å². The molecule has 43 heavy (non-hydrogen) atoms. The number of aliphatic hydroxyl groups is 2. The first-order chi connectivity index (χ1) is 20.1. The van der Waals surface area contributed by atoms with Crippen LogP contribution < -0.4 is 16.4 Å². The van der Waals surface area contributed by atoms with Crippen LogP contribution in [0.5, 0.6) is 0 Å². The first-order valence-corrected chi connectivity index (χ1v) is 15.7. The molecule has 1 aliphatic carbocycles. The molecule has 7 unspecified atom stereocenters. The van der Waals surface area contributed by atoms with Gasteiger partial charge < -0.3 is 41.1 Å². The molecule has 0 aromatic heterocycles. The number of aliphatic hydroxyl groups excluding tert-OH is 2. The predicted molar refractivity (Wildman–Crippen MR) is 153 cm³/mol. The maximum absolute atomic E-state index is 14.1. The Balaban J connectivity index is 1.77. The van der Waals surface area contributed by atoms with Crippen LogP contribution in [0.15, 0.2) is 11.6 Å². The molecule has 7 atom stereocenters. The number of carbonyl (C=O) groups excluding carboxylic acids is 3. The van der Waals surface area contributed by atoms with Gasteiger partial charge >= 0.3 is 10.4 Å². The summed E-state index contributed by atoms with van der Waals surface area (Å²) in [4.78, 5) is 43.7. The fraction of sp³-hybridized carbons (Fsp3) is 0.769. The first kappa shape index (κ1) is 34.7. The second kappa shape index (κ2) is 14.8. The number of amides is 3. The molecule has 2 heterocycles. The molecule has 0 aromatic rings. The zero-order chi connectivity index (χ0) is 32.1. The molecule has 0 aromatic carbocycles. The van der Waals surface area contributed by atoms with Gasteiger partial charge in [-0.2, -0.15) is 8.42 Å². The fourth-order valence-corrected chi connectivity index (χ4v) is 6.27. The van der Waals surface area contributed by atoms with E-state index in [9.17, 15) is 33.0 Å². The summed E-state index contributed by atoms with van der Waals surface area (Å²) in [5.41, 5.74) is 6.55. The maximum atomic E-state index is 14.1. The van der Waals surface area contributed by atoms with Crippen molar-refractivity contribution in [2.24, 2.45) is 17.6 Å². The van der Waals surface area contributed by atoms with Crippen LogP contribution in [0.1, 0.15) is 46.0 Å². The van der Waals surface area contributed by atoms with Crippen LogP contribution in [0.4, 0.5) is 0 Å². The molecule has 2 fully saturated rings. The minimum atomic E-state index is -4.84. The zero-order valence-corrected chi connectivity index (χ0v) is 25.5. The Morgan fingerprint density at radius 3 is 2.44 bits per heavy atom. The molecular weight excluding hydrogens is 588 g/mol. The largest absolute Gasteiger partial charge is 0.397 e. The summed E-state index contributed by atoms with van der Waals surface area (Å²) in [6.07, 6.45) is -0.383. The van der Waals surface area contributed by atoms with Crippen molar-refractivity contribution in [3.63, 3.8) is 0 Å². The number of nitrogens with two attached hydrogens (primary N) is 1. The molecule has 1 saturated carbocycles. The third-order valence-electron chi connectivity index (χ3n) is 8.14. The van der Waals surface area contributed by atoms with E-state index in [0.717, 1.165) is 12.7 Å². The summed E-state index contributed by atoms with van der Waals surface area (Å²) < 4.78 is 40.1. The van der Waals surface area contributed by atoms with Crippen LogP contribution in [0.2, 0.25) is 0 Å². The fourth-order valence-electron chi connectivity index (χ4n) is 5.98. The van der Waals surface area contributed by atoms with Crippen LogP contribution in [-0.2, 0) is 33.7 Å². The van der Waals surface area contributed by atoms with Gasteiger partial charge in [-0.05, 0) is 43.9 Å². The quantitative estimate of drug-likeness (QED) is 0.0509. The van der Waals surface area contributed by atoms with Gasteiger partial charge in [-0.3, -0.25) is 24.3 Å². The van der Waals surface area contributed by atoms with E-state index in [-0.39, 0.29) is 50.0 Å². The van der Waals surface area contributed by atoms with Gasteiger partial charge in [0.1, 0.15) is 18.7 Å². The zero-order valence-electron chi connectivity index (χ0n) is 24.6. The Labute approximate surface area is 251 Å². The van der Waals surface area contributed by atoms with Crippen molar-refractivity contribution in [3.8, 4) is 0 Å². The number of nitrogens with one attached hydrogen (secondary N) is 3. The molecule has 16 nitrogen and oxygen atoms in total. The average molecular weight is 633 g/mol. The number of guanidine groups is 1. The number of carbonyl (C=O) groups is 3. The van der Waals surface area contributed by atoms with Gasteiger partial charge in [-0.1, -0.05) is 25.5 Å². The second-order valence-electron chi connectivity index (χ2n) is 11.7. The van der Waals surface area contributed by atoms with Crippen molar-refractivity contribution in [1.82, 2.24) is 20.4 Å². The van der Waals surface area contributed by atoms with Crippen LogP contribution in [0.3, 0.4) is 0 Å². The number of rotatable bonds is 13. The van der Waals surface area contributed by atoms with Crippen LogP contribution in [-0.4, -0.2) is 126 Å². The Bertz CT molecular complexity index is 1180. The highest BCUT2D eigenvalue weighted by Gasteiger charge is 2.52. The van der Waals surface area contributed by atoms with E-state index in [2.05, 4.69) is 14.8 Å². The molecule has 244 valence electrons. The molecule has 8 N–H and O–H groups in total. The SMILES string of the molecule is COC(COS(=O)(=O)O)C(=O)NC(CC(C)C)C(=O)N1C(C(=O)NCCC2=CCN(C(=N)N)C2)CC2CC(O)C(O)CC21. The monoisotopic (exact) mass is 632 g/mol. The molecule has 0 spiro atoms. The van der Waals surface area contributed by atoms with E-state index in [4.69, 9.17) is 20.4 Å². The molecule has 3 amide bonds. The highest BCUT2D eigenvalue weighted by atomic mass is 32.3. The normalized spacial score (nSPS) is 27.0. The van der Waals surface area contributed by atoms with Crippen molar-refractivity contribution < 1.29 is 46.5 Å². The Hall–Kier alpha value is -2.83. The molecular formula is C26H44N6O10S. The minimum Gasteiger partial charge on any atom is -0.390 e. The van der Waals surface area contributed by atoms with Crippen molar-refractivity contribution in [2.75, 3.05) is 33.4 Å². The first-order valence-electron chi connectivity index (χ1n) is 14.3. The topological polar surface area (TPSA) is 245 Å². The van der Waals surface area contributed by atoms with Gasteiger partial charge in [0, 0.05) is 32.8 Å². The van der Waals surface area contributed by atoms with Crippen molar-refractivity contribution in [3.05, 3.63) is 11.6 Å². The highest BCUT2D eigenvalue weighted by molar-refractivity contribution is 7.80.